The number of carbonyl (C=O) groups is 1. The Morgan fingerprint density at radius 2 is 2.30 bits per heavy atom. The zero-order valence-corrected chi connectivity index (χ0v) is 12.7. The quantitative estimate of drug-likeness (QED) is 0.921. The van der Waals surface area contributed by atoms with Gasteiger partial charge in [-0.25, -0.2) is 0 Å². The third-order valence-corrected chi connectivity index (χ3v) is 5.43. The number of nitrogens with two attached hydrogens (primary N) is 1. The first-order valence-electron chi connectivity index (χ1n) is 7.56. The van der Waals surface area contributed by atoms with Crippen LogP contribution in [0.25, 0.3) is 0 Å². The summed E-state index contributed by atoms with van der Waals surface area (Å²) in [7, 11) is 0. The fraction of sp³-hybridized carbons (Fsp3) is 0.786. The molecule has 0 bridgehead atoms. The zero-order valence-electron chi connectivity index (χ0n) is 11.9. The fourth-order valence-electron chi connectivity index (χ4n) is 3.60. The molecule has 1 aliphatic heterocycles. The maximum absolute atomic E-state index is 12.7. The number of amides is 1. The number of rotatable bonds is 3. The largest absolute Gasteiger partial charge is 0.337 e. The lowest BCUT2D eigenvalue weighted by Crippen LogP contribution is -2.38. The lowest BCUT2D eigenvalue weighted by atomic mass is 9.78. The highest BCUT2D eigenvalue weighted by molar-refractivity contribution is 7.08. The minimum absolute atomic E-state index is 0.116. The topological polar surface area (TPSA) is 72.1 Å². The second-order valence-corrected chi connectivity index (χ2v) is 6.78. The average Bonchev–Trinajstić information content (AvgIpc) is 3.05. The first-order valence-corrected chi connectivity index (χ1v) is 8.34. The van der Waals surface area contributed by atoms with Crippen LogP contribution in [0.15, 0.2) is 0 Å². The molecule has 5 nitrogen and oxygen atoms in total. The van der Waals surface area contributed by atoms with E-state index in [0.717, 1.165) is 42.9 Å². The molecule has 1 amide bonds. The van der Waals surface area contributed by atoms with Crippen molar-refractivity contribution in [2.45, 2.75) is 45.1 Å². The number of hydrogen-bond acceptors (Lipinski definition) is 5. The SMILES string of the molecule is CCCc1nnsc1C(=O)N1CC2CCCC(N)C2C1. The molecule has 2 heterocycles. The van der Waals surface area contributed by atoms with Crippen molar-refractivity contribution in [3.8, 4) is 0 Å². The molecule has 1 aliphatic carbocycles. The Kier molecular flexibility index (Phi) is 4.03. The molecule has 3 atom stereocenters. The summed E-state index contributed by atoms with van der Waals surface area (Å²) in [5.74, 6) is 1.20. The number of likely N-dealkylation sites (tertiary alicyclic amines) is 1. The summed E-state index contributed by atoms with van der Waals surface area (Å²) >= 11 is 1.23. The number of aryl methyl sites for hydroxylation is 1. The average molecular weight is 294 g/mol. The molecule has 3 rings (SSSR count). The van der Waals surface area contributed by atoms with Crippen LogP contribution in [-0.4, -0.2) is 39.5 Å². The molecule has 2 aliphatic rings. The number of fused-ring (bicyclic) bond motifs is 1. The molecule has 0 spiro atoms. The summed E-state index contributed by atoms with van der Waals surface area (Å²) in [6.07, 6.45) is 5.34. The highest BCUT2D eigenvalue weighted by atomic mass is 32.1. The van der Waals surface area contributed by atoms with E-state index in [1.54, 1.807) is 0 Å². The van der Waals surface area contributed by atoms with Gasteiger partial charge in [-0.2, -0.15) is 0 Å². The van der Waals surface area contributed by atoms with Gasteiger partial charge in [0.15, 0.2) is 0 Å². The van der Waals surface area contributed by atoms with Crippen LogP contribution in [0.3, 0.4) is 0 Å². The van der Waals surface area contributed by atoms with Crippen molar-refractivity contribution in [1.29, 1.82) is 0 Å². The fourth-order valence-corrected chi connectivity index (χ4v) is 4.27. The number of aromatic nitrogens is 2. The lowest BCUT2D eigenvalue weighted by Gasteiger charge is -2.29. The summed E-state index contributed by atoms with van der Waals surface area (Å²) in [6.45, 7) is 3.77. The van der Waals surface area contributed by atoms with E-state index in [1.165, 1.54) is 24.4 Å². The van der Waals surface area contributed by atoms with Gasteiger partial charge in [-0.15, -0.1) is 5.10 Å². The van der Waals surface area contributed by atoms with E-state index in [9.17, 15) is 4.79 Å². The van der Waals surface area contributed by atoms with Crippen molar-refractivity contribution in [1.82, 2.24) is 14.5 Å². The molecule has 6 heteroatoms. The second-order valence-electron chi connectivity index (χ2n) is 6.03. The van der Waals surface area contributed by atoms with Crippen LogP contribution >= 0.6 is 11.5 Å². The summed E-state index contributed by atoms with van der Waals surface area (Å²) in [5.41, 5.74) is 7.08. The summed E-state index contributed by atoms with van der Waals surface area (Å²) in [5, 5.41) is 4.10. The smallest absolute Gasteiger partial charge is 0.267 e. The number of nitrogens with zero attached hydrogens (tertiary/aromatic N) is 3. The van der Waals surface area contributed by atoms with E-state index >= 15 is 0 Å². The van der Waals surface area contributed by atoms with Gasteiger partial charge in [0.2, 0.25) is 0 Å². The molecule has 2 fully saturated rings. The Bertz CT molecular complexity index is 489. The van der Waals surface area contributed by atoms with E-state index in [1.807, 2.05) is 4.90 Å². The standard InChI is InChI=1S/C14H22N4OS/c1-2-4-12-13(20-17-16-12)14(19)18-7-9-5-3-6-11(15)10(9)8-18/h9-11H,2-8,15H2,1H3. The van der Waals surface area contributed by atoms with Crippen LogP contribution in [0, 0.1) is 11.8 Å². The van der Waals surface area contributed by atoms with E-state index in [2.05, 4.69) is 16.5 Å². The zero-order chi connectivity index (χ0) is 14.1. The van der Waals surface area contributed by atoms with Gasteiger partial charge in [0.05, 0.1) is 5.69 Å². The van der Waals surface area contributed by atoms with Crippen molar-refractivity contribution in [2.24, 2.45) is 17.6 Å². The first kappa shape index (κ1) is 13.9. The van der Waals surface area contributed by atoms with Crippen molar-refractivity contribution in [3.05, 3.63) is 10.6 Å². The highest BCUT2D eigenvalue weighted by Crippen LogP contribution is 2.36. The van der Waals surface area contributed by atoms with E-state index < -0.39 is 0 Å². The third-order valence-electron chi connectivity index (χ3n) is 4.68. The van der Waals surface area contributed by atoms with Crippen molar-refractivity contribution in [3.63, 3.8) is 0 Å². The van der Waals surface area contributed by atoms with Crippen LogP contribution in [0.2, 0.25) is 0 Å². The Labute approximate surface area is 123 Å². The Balaban J connectivity index is 1.73. The molecule has 2 N–H and O–H groups in total. The van der Waals surface area contributed by atoms with Crippen molar-refractivity contribution >= 4 is 17.4 Å². The van der Waals surface area contributed by atoms with Gasteiger partial charge < -0.3 is 10.6 Å². The van der Waals surface area contributed by atoms with E-state index in [0.29, 0.717) is 11.8 Å². The molecule has 0 aromatic carbocycles. The van der Waals surface area contributed by atoms with Crippen LogP contribution in [0.5, 0.6) is 0 Å². The van der Waals surface area contributed by atoms with Crippen molar-refractivity contribution in [2.75, 3.05) is 13.1 Å². The molecule has 1 aromatic heterocycles. The van der Waals surface area contributed by atoms with Crippen LogP contribution < -0.4 is 5.73 Å². The van der Waals surface area contributed by atoms with Gasteiger partial charge in [0.25, 0.3) is 5.91 Å². The van der Waals surface area contributed by atoms with Crippen LogP contribution in [0.4, 0.5) is 0 Å². The molecule has 3 unspecified atom stereocenters. The Morgan fingerprint density at radius 1 is 1.45 bits per heavy atom. The summed E-state index contributed by atoms with van der Waals surface area (Å²) in [4.78, 5) is 15.4. The molecular formula is C14H22N4OS. The van der Waals surface area contributed by atoms with Gasteiger partial charge in [-0.3, -0.25) is 4.79 Å². The first-order chi connectivity index (χ1) is 9.70. The molecule has 0 radical (unpaired) electrons. The lowest BCUT2D eigenvalue weighted by molar-refractivity contribution is 0.0787. The van der Waals surface area contributed by atoms with E-state index in [-0.39, 0.29) is 11.9 Å². The van der Waals surface area contributed by atoms with Crippen LogP contribution in [-0.2, 0) is 6.42 Å². The predicted molar refractivity (Wildman–Crippen MR) is 78.6 cm³/mol. The van der Waals surface area contributed by atoms with Gasteiger partial charge in [-0.1, -0.05) is 24.3 Å². The maximum atomic E-state index is 12.7. The monoisotopic (exact) mass is 294 g/mol. The predicted octanol–water partition coefficient (Wildman–Crippen LogP) is 1.69. The molecule has 110 valence electrons. The van der Waals surface area contributed by atoms with Gasteiger partial charge in [0, 0.05) is 19.1 Å². The Morgan fingerprint density at radius 3 is 3.05 bits per heavy atom. The normalized spacial score (nSPS) is 29.5. The minimum Gasteiger partial charge on any atom is -0.337 e. The molecule has 1 aromatic rings. The van der Waals surface area contributed by atoms with Crippen molar-refractivity contribution < 1.29 is 4.79 Å². The van der Waals surface area contributed by atoms with Gasteiger partial charge in [-0.05, 0) is 42.6 Å². The highest BCUT2D eigenvalue weighted by Gasteiger charge is 2.41. The second kappa shape index (κ2) is 5.77. The Hall–Kier alpha value is -1.01. The van der Waals surface area contributed by atoms with E-state index in [4.69, 9.17) is 5.73 Å². The van der Waals surface area contributed by atoms with Crippen LogP contribution in [0.1, 0.15) is 48.0 Å². The minimum atomic E-state index is 0.116. The number of carbonyl (C=O) groups excluding carboxylic acids is 1. The molecule has 20 heavy (non-hydrogen) atoms. The third kappa shape index (κ3) is 2.46. The van der Waals surface area contributed by atoms with Gasteiger partial charge in [0.1, 0.15) is 4.88 Å². The van der Waals surface area contributed by atoms with Gasteiger partial charge >= 0.3 is 0 Å². The molecule has 1 saturated carbocycles. The maximum Gasteiger partial charge on any atom is 0.267 e. The summed E-state index contributed by atoms with van der Waals surface area (Å²) in [6, 6.07) is 0.265. The molecule has 1 saturated heterocycles. The summed E-state index contributed by atoms with van der Waals surface area (Å²) < 4.78 is 3.96. The molecular weight excluding hydrogens is 272 g/mol. The number of hydrogen-bond donors (Lipinski definition) is 1.